The van der Waals surface area contributed by atoms with Crippen molar-refractivity contribution >= 4 is 11.7 Å². The molecule has 0 saturated heterocycles. The molecule has 2 heterocycles. The highest BCUT2D eigenvalue weighted by molar-refractivity contribution is 5.88. The van der Waals surface area contributed by atoms with Crippen molar-refractivity contribution in [2.45, 2.75) is 6.42 Å². The van der Waals surface area contributed by atoms with Crippen molar-refractivity contribution in [2.75, 3.05) is 18.9 Å². The predicted molar refractivity (Wildman–Crippen MR) is 73.8 cm³/mol. The lowest BCUT2D eigenvalue weighted by Crippen LogP contribution is -2.33. The largest absolute Gasteiger partial charge is 0.327 e. The zero-order valence-corrected chi connectivity index (χ0v) is 10.8. The van der Waals surface area contributed by atoms with Gasteiger partial charge in [0.25, 0.3) is 0 Å². The fourth-order valence-electron chi connectivity index (χ4n) is 1.59. The third kappa shape index (κ3) is 4.06. The molecule has 2 aromatic rings. The first-order chi connectivity index (χ1) is 9.25. The van der Waals surface area contributed by atoms with Crippen LogP contribution in [0.1, 0.15) is 5.69 Å². The first-order valence-corrected chi connectivity index (χ1v) is 6.08. The minimum Gasteiger partial charge on any atom is -0.327 e. The number of rotatable bonds is 4. The molecular weight excluding hydrogens is 240 g/mol. The van der Waals surface area contributed by atoms with Gasteiger partial charge in [-0.15, -0.1) is 0 Å². The van der Waals surface area contributed by atoms with E-state index in [1.165, 1.54) is 0 Å². The molecule has 0 aliphatic carbocycles. The Labute approximate surface area is 112 Å². The molecule has 98 valence electrons. The lowest BCUT2D eigenvalue weighted by atomic mass is 10.2. The third-order valence-electron chi connectivity index (χ3n) is 2.69. The van der Waals surface area contributed by atoms with E-state index in [-0.39, 0.29) is 6.03 Å². The number of urea groups is 1. The second kappa shape index (κ2) is 6.49. The Morgan fingerprint density at radius 2 is 2.16 bits per heavy atom. The van der Waals surface area contributed by atoms with Gasteiger partial charge < -0.3 is 10.2 Å². The molecule has 0 aliphatic heterocycles. The fraction of sp³-hybridized carbons (Fsp3) is 0.214. The van der Waals surface area contributed by atoms with Crippen molar-refractivity contribution in [3.63, 3.8) is 0 Å². The number of amides is 2. The first kappa shape index (κ1) is 13.0. The number of anilines is 1. The normalized spacial score (nSPS) is 9.95. The van der Waals surface area contributed by atoms with Crippen LogP contribution >= 0.6 is 0 Å². The number of pyridine rings is 2. The Bertz CT molecular complexity index is 515. The van der Waals surface area contributed by atoms with Crippen LogP contribution in [0.2, 0.25) is 0 Å². The van der Waals surface area contributed by atoms with Gasteiger partial charge in [-0.2, -0.15) is 0 Å². The Morgan fingerprint density at radius 1 is 1.26 bits per heavy atom. The molecule has 0 bridgehead atoms. The van der Waals surface area contributed by atoms with E-state index in [0.29, 0.717) is 12.2 Å². The zero-order chi connectivity index (χ0) is 13.5. The van der Waals surface area contributed by atoms with Gasteiger partial charge in [-0.25, -0.2) is 4.79 Å². The van der Waals surface area contributed by atoms with Gasteiger partial charge in [-0.3, -0.25) is 9.97 Å². The predicted octanol–water partition coefficient (Wildman–Crippen LogP) is 2.18. The maximum atomic E-state index is 11.9. The summed E-state index contributed by atoms with van der Waals surface area (Å²) in [5.74, 6) is 0. The highest BCUT2D eigenvalue weighted by atomic mass is 16.2. The molecule has 0 aliphatic rings. The molecule has 0 atom stereocenters. The van der Waals surface area contributed by atoms with Gasteiger partial charge in [-0.05, 0) is 24.3 Å². The van der Waals surface area contributed by atoms with Crippen LogP contribution in [0.3, 0.4) is 0 Å². The van der Waals surface area contributed by atoms with Crippen LogP contribution < -0.4 is 5.32 Å². The van der Waals surface area contributed by atoms with E-state index in [2.05, 4.69) is 15.3 Å². The second-order valence-corrected chi connectivity index (χ2v) is 4.16. The van der Waals surface area contributed by atoms with Crippen LogP contribution in [0, 0.1) is 0 Å². The minimum absolute atomic E-state index is 0.149. The number of carbonyl (C=O) groups is 1. The standard InChI is InChI=1S/C14H16N4O/c1-18(10-7-12-5-2-3-9-16-12)14(19)17-13-6-4-8-15-11-13/h2-6,8-9,11H,7,10H2,1H3,(H,17,19). The van der Waals surface area contributed by atoms with Gasteiger partial charge in [0.2, 0.25) is 0 Å². The summed E-state index contributed by atoms with van der Waals surface area (Å²) in [6, 6.07) is 9.21. The lowest BCUT2D eigenvalue weighted by Gasteiger charge is -2.17. The maximum Gasteiger partial charge on any atom is 0.321 e. The van der Waals surface area contributed by atoms with E-state index < -0.39 is 0 Å². The van der Waals surface area contributed by atoms with Crippen LogP contribution in [0.5, 0.6) is 0 Å². The van der Waals surface area contributed by atoms with Crippen molar-refractivity contribution in [1.82, 2.24) is 14.9 Å². The molecule has 2 amide bonds. The molecule has 1 N–H and O–H groups in total. The van der Waals surface area contributed by atoms with Crippen LogP contribution in [-0.4, -0.2) is 34.5 Å². The number of likely N-dealkylation sites (N-methyl/N-ethyl adjacent to an activating group) is 1. The number of hydrogen-bond donors (Lipinski definition) is 1. The monoisotopic (exact) mass is 256 g/mol. The summed E-state index contributed by atoms with van der Waals surface area (Å²) in [6.07, 6.45) is 5.77. The average molecular weight is 256 g/mol. The summed E-state index contributed by atoms with van der Waals surface area (Å²) in [7, 11) is 1.76. The summed E-state index contributed by atoms with van der Waals surface area (Å²) in [6.45, 7) is 0.614. The Hall–Kier alpha value is -2.43. The van der Waals surface area contributed by atoms with Gasteiger partial charge in [0, 0.05) is 38.1 Å². The van der Waals surface area contributed by atoms with Crippen molar-refractivity contribution in [3.05, 3.63) is 54.6 Å². The topological polar surface area (TPSA) is 58.1 Å². The molecule has 2 aromatic heterocycles. The molecule has 0 unspecified atom stereocenters. The molecule has 0 spiro atoms. The highest BCUT2D eigenvalue weighted by Crippen LogP contribution is 2.04. The van der Waals surface area contributed by atoms with Crippen LogP contribution in [0.25, 0.3) is 0 Å². The molecular formula is C14H16N4O. The van der Waals surface area contributed by atoms with Crippen molar-refractivity contribution < 1.29 is 4.79 Å². The van der Waals surface area contributed by atoms with Crippen LogP contribution in [-0.2, 0) is 6.42 Å². The second-order valence-electron chi connectivity index (χ2n) is 4.16. The molecule has 5 nitrogen and oxygen atoms in total. The van der Waals surface area contributed by atoms with Gasteiger partial charge in [0.1, 0.15) is 0 Å². The molecule has 0 radical (unpaired) electrons. The van der Waals surface area contributed by atoms with E-state index in [4.69, 9.17) is 0 Å². The minimum atomic E-state index is -0.149. The number of carbonyl (C=O) groups excluding carboxylic acids is 1. The van der Waals surface area contributed by atoms with Crippen LogP contribution in [0.4, 0.5) is 10.5 Å². The van der Waals surface area contributed by atoms with Gasteiger partial charge in [0.05, 0.1) is 11.9 Å². The summed E-state index contributed by atoms with van der Waals surface area (Å²) in [5, 5.41) is 2.78. The van der Waals surface area contributed by atoms with E-state index >= 15 is 0 Å². The average Bonchev–Trinajstić information content (AvgIpc) is 2.47. The van der Waals surface area contributed by atoms with Gasteiger partial charge in [-0.1, -0.05) is 6.07 Å². The Morgan fingerprint density at radius 3 is 2.84 bits per heavy atom. The molecule has 5 heteroatoms. The molecule has 0 aromatic carbocycles. The molecule has 0 fully saturated rings. The summed E-state index contributed by atoms with van der Waals surface area (Å²) >= 11 is 0. The van der Waals surface area contributed by atoms with E-state index in [1.54, 1.807) is 42.7 Å². The van der Waals surface area contributed by atoms with E-state index in [1.807, 2.05) is 18.2 Å². The third-order valence-corrected chi connectivity index (χ3v) is 2.69. The quantitative estimate of drug-likeness (QED) is 0.912. The highest BCUT2D eigenvalue weighted by Gasteiger charge is 2.08. The maximum absolute atomic E-state index is 11.9. The fourth-order valence-corrected chi connectivity index (χ4v) is 1.59. The van der Waals surface area contributed by atoms with Crippen molar-refractivity contribution in [2.24, 2.45) is 0 Å². The lowest BCUT2D eigenvalue weighted by molar-refractivity contribution is 0.223. The van der Waals surface area contributed by atoms with Gasteiger partial charge in [0.15, 0.2) is 0 Å². The summed E-state index contributed by atoms with van der Waals surface area (Å²) in [5.41, 5.74) is 1.67. The van der Waals surface area contributed by atoms with E-state index in [9.17, 15) is 4.79 Å². The summed E-state index contributed by atoms with van der Waals surface area (Å²) < 4.78 is 0. The molecule has 0 saturated carbocycles. The number of nitrogens with zero attached hydrogens (tertiary/aromatic N) is 3. The Kier molecular flexibility index (Phi) is 4.44. The first-order valence-electron chi connectivity index (χ1n) is 6.08. The van der Waals surface area contributed by atoms with E-state index in [0.717, 1.165) is 12.1 Å². The molecule has 2 rings (SSSR count). The van der Waals surface area contributed by atoms with Crippen molar-refractivity contribution in [1.29, 1.82) is 0 Å². The van der Waals surface area contributed by atoms with Gasteiger partial charge >= 0.3 is 6.03 Å². The number of aromatic nitrogens is 2. The SMILES string of the molecule is CN(CCc1ccccn1)C(=O)Nc1cccnc1. The zero-order valence-electron chi connectivity index (χ0n) is 10.8. The van der Waals surface area contributed by atoms with Crippen LogP contribution in [0.15, 0.2) is 48.9 Å². The number of hydrogen-bond acceptors (Lipinski definition) is 3. The molecule has 19 heavy (non-hydrogen) atoms. The number of nitrogens with one attached hydrogen (secondary N) is 1. The summed E-state index contributed by atoms with van der Waals surface area (Å²) in [4.78, 5) is 21.7. The smallest absolute Gasteiger partial charge is 0.321 e. The van der Waals surface area contributed by atoms with Crippen molar-refractivity contribution in [3.8, 4) is 0 Å². The Balaban J connectivity index is 1.83.